The number of ether oxygens (including phenoxy) is 1. The maximum atomic E-state index is 11.8. The second kappa shape index (κ2) is 6.64. The Bertz CT molecular complexity index is 777. The Morgan fingerprint density at radius 3 is 2.59 bits per heavy atom. The number of carbonyl (C=O) groups is 1. The van der Waals surface area contributed by atoms with Gasteiger partial charge in [0.25, 0.3) is 0 Å². The lowest BCUT2D eigenvalue weighted by molar-refractivity contribution is -0.133. The molecule has 1 aromatic carbocycles. The Morgan fingerprint density at radius 1 is 1.32 bits per heavy atom. The van der Waals surface area contributed by atoms with Crippen LogP contribution in [0.1, 0.15) is 22.5 Å². The largest absolute Gasteiger partial charge is 0.515 e. The van der Waals surface area contributed by atoms with Gasteiger partial charge in [0.1, 0.15) is 5.57 Å². The van der Waals surface area contributed by atoms with Gasteiger partial charge < -0.3 is 9.84 Å². The molecule has 0 atom stereocenters. The number of hydrogen-bond donors (Lipinski definition) is 1. The first-order valence-corrected chi connectivity index (χ1v) is 6.62. The Morgan fingerprint density at radius 2 is 2.00 bits per heavy atom. The SMILES string of the molecule is COC(=O)C(=CO)c1c(C#Cc2ccccc2)c(C)nn1C. The van der Waals surface area contributed by atoms with E-state index in [0.29, 0.717) is 17.0 Å². The topological polar surface area (TPSA) is 64.3 Å². The molecule has 0 amide bonds. The van der Waals surface area contributed by atoms with Gasteiger partial charge in [0, 0.05) is 12.6 Å². The van der Waals surface area contributed by atoms with Gasteiger partial charge in [-0.15, -0.1) is 0 Å². The highest BCUT2D eigenvalue weighted by Crippen LogP contribution is 2.22. The van der Waals surface area contributed by atoms with Gasteiger partial charge in [-0.3, -0.25) is 4.68 Å². The molecule has 0 spiro atoms. The summed E-state index contributed by atoms with van der Waals surface area (Å²) in [6, 6.07) is 9.49. The van der Waals surface area contributed by atoms with Crippen LogP contribution in [0.3, 0.4) is 0 Å². The van der Waals surface area contributed by atoms with Crippen molar-refractivity contribution in [3.63, 3.8) is 0 Å². The molecule has 2 aromatic rings. The van der Waals surface area contributed by atoms with Crippen LogP contribution in [-0.2, 0) is 16.6 Å². The standard InChI is InChI=1S/C17H16N2O3/c1-12-14(10-9-13-7-5-4-6-8-13)16(19(2)18-12)15(11-20)17(21)22-3/h4-8,11,20H,1-3H3. The zero-order chi connectivity index (χ0) is 16.1. The molecular formula is C17H16N2O3. The van der Waals surface area contributed by atoms with Crippen LogP contribution >= 0.6 is 0 Å². The number of carbonyl (C=O) groups excluding carboxylic acids is 1. The van der Waals surface area contributed by atoms with Crippen molar-refractivity contribution in [1.29, 1.82) is 0 Å². The third-order valence-electron chi connectivity index (χ3n) is 3.12. The van der Waals surface area contributed by atoms with E-state index in [-0.39, 0.29) is 5.57 Å². The Labute approximate surface area is 128 Å². The minimum absolute atomic E-state index is 0.0166. The number of nitrogens with zero attached hydrogens (tertiary/aromatic N) is 2. The van der Waals surface area contributed by atoms with Crippen molar-refractivity contribution in [2.45, 2.75) is 6.92 Å². The van der Waals surface area contributed by atoms with Crippen LogP contribution in [0.4, 0.5) is 0 Å². The highest BCUT2D eigenvalue weighted by molar-refractivity contribution is 6.16. The van der Waals surface area contributed by atoms with E-state index in [4.69, 9.17) is 0 Å². The van der Waals surface area contributed by atoms with E-state index < -0.39 is 5.97 Å². The molecule has 1 aromatic heterocycles. The summed E-state index contributed by atoms with van der Waals surface area (Å²) >= 11 is 0. The first-order chi connectivity index (χ1) is 10.6. The molecule has 112 valence electrons. The number of rotatable bonds is 2. The molecule has 2 rings (SSSR count). The Kier molecular flexibility index (Phi) is 4.64. The summed E-state index contributed by atoms with van der Waals surface area (Å²) in [5.74, 6) is 5.40. The van der Waals surface area contributed by atoms with E-state index in [9.17, 15) is 9.90 Å². The smallest absolute Gasteiger partial charge is 0.343 e. The molecule has 0 radical (unpaired) electrons. The quantitative estimate of drug-likeness (QED) is 0.399. The number of hydrogen-bond acceptors (Lipinski definition) is 4. The molecule has 1 N–H and O–H groups in total. The Hall–Kier alpha value is -3.00. The van der Waals surface area contributed by atoms with E-state index in [2.05, 4.69) is 21.7 Å². The van der Waals surface area contributed by atoms with Gasteiger partial charge in [-0.2, -0.15) is 5.10 Å². The van der Waals surface area contributed by atoms with Crippen molar-refractivity contribution in [3.05, 3.63) is 59.1 Å². The van der Waals surface area contributed by atoms with Gasteiger partial charge in [0.2, 0.25) is 0 Å². The maximum absolute atomic E-state index is 11.8. The number of aryl methyl sites for hydroxylation is 2. The molecule has 0 aliphatic rings. The summed E-state index contributed by atoms with van der Waals surface area (Å²) in [7, 11) is 2.94. The van der Waals surface area contributed by atoms with Crippen molar-refractivity contribution >= 4 is 11.5 Å². The third-order valence-corrected chi connectivity index (χ3v) is 3.12. The minimum atomic E-state index is -0.645. The molecule has 0 saturated carbocycles. The lowest BCUT2D eigenvalue weighted by Gasteiger charge is -2.05. The lowest BCUT2D eigenvalue weighted by atomic mass is 10.1. The molecule has 0 saturated heterocycles. The molecule has 5 nitrogen and oxygen atoms in total. The van der Waals surface area contributed by atoms with Crippen molar-refractivity contribution in [2.24, 2.45) is 7.05 Å². The molecular weight excluding hydrogens is 280 g/mol. The fourth-order valence-corrected chi connectivity index (χ4v) is 2.09. The number of aliphatic hydroxyl groups excluding tert-OH is 1. The molecule has 0 unspecified atom stereocenters. The molecule has 0 aliphatic heterocycles. The summed E-state index contributed by atoms with van der Waals surface area (Å²) in [5.41, 5.74) is 2.55. The number of aromatic nitrogens is 2. The number of methoxy groups -OCH3 is 1. The molecule has 0 bridgehead atoms. The van der Waals surface area contributed by atoms with E-state index in [1.807, 2.05) is 30.3 Å². The van der Waals surface area contributed by atoms with Gasteiger partial charge in [-0.05, 0) is 19.1 Å². The van der Waals surface area contributed by atoms with Gasteiger partial charge in [0.05, 0.1) is 30.3 Å². The highest BCUT2D eigenvalue weighted by Gasteiger charge is 2.22. The fraction of sp³-hybridized carbons (Fsp3) is 0.176. The fourth-order valence-electron chi connectivity index (χ4n) is 2.09. The van der Waals surface area contributed by atoms with Crippen LogP contribution in [-0.4, -0.2) is 28.0 Å². The zero-order valence-corrected chi connectivity index (χ0v) is 12.6. The predicted octanol–water partition coefficient (Wildman–Crippen LogP) is 2.20. The average molecular weight is 296 g/mol. The van der Waals surface area contributed by atoms with Gasteiger partial charge in [-0.25, -0.2) is 4.79 Å². The zero-order valence-electron chi connectivity index (χ0n) is 12.6. The first-order valence-electron chi connectivity index (χ1n) is 6.62. The van der Waals surface area contributed by atoms with Crippen LogP contribution in [0.5, 0.6) is 0 Å². The predicted molar refractivity (Wildman–Crippen MR) is 83.0 cm³/mol. The van der Waals surface area contributed by atoms with Crippen LogP contribution in [0, 0.1) is 18.8 Å². The maximum Gasteiger partial charge on any atom is 0.343 e. The van der Waals surface area contributed by atoms with Crippen LogP contribution < -0.4 is 0 Å². The lowest BCUT2D eigenvalue weighted by Crippen LogP contribution is -2.09. The highest BCUT2D eigenvalue weighted by atomic mass is 16.5. The van der Waals surface area contributed by atoms with Crippen LogP contribution in [0.25, 0.3) is 5.57 Å². The van der Waals surface area contributed by atoms with Crippen molar-refractivity contribution in [1.82, 2.24) is 9.78 Å². The normalized spacial score (nSPS) is 10.8. The summed E-state index contributed by atoms with van der Waals surface area (Å²) in [5, 5.41) is 13.6. The van der Waals surface area contributed by atoms with Crippen molar-refractivity contribution < 1.29 is 14.6 Å². The third kappa shape index (κ3) is 3.01. The van der Waals surface area contributed by atoms with Gasteiger partial charge in [0.15, 0.2) is 0 Å². The van der Waals surface area contributed by atoms with Crippen LogP contribution in [0.15, 0.2) is 36.6 Å². The van der Waals surface area contributed by atoms with Gasteiger partial charge >= 0.3 is 5.97 Å². The van der Waals surface area contributed by atoms with E-state index in [1.54, 1.807) is 14.0 Å². The number of esters is 1. The molecule has 5 heteroatoms. The number of aliphatic hydroxyl groups is 1. The van der Waals surface area contributed by atoms with E-state index in [1.165, 1.54) is 11.8 Å². The summed E-state index contributed by atoms with van der Waals surface area (Å²) in [6.07, 6.45) is 0.718. The Balaban J connectivity index is 2.54. The van der Waals surface area contributed by atoms with Crippen LogP contribution in [0.2, 0.25) is 0 Å². The minimum Gasteiger partial charge on any atom is -0.515 e. The summed E-state index contributed by atoms with van der Waals surface area (Å²) < 4.78 is 6.19. The summed E-state index contributed by atoms with van der Waals surface area (Å²) in [6.45, 7) is 1.80. The monoisotopic (exact) mass is 296 g/mol. The van der Waals surface area contributed by atoms with E-state index in [0.717, 1.165) is 11.8 Å². The molecule has 1 heterocycles. The molecule has 0 aliphatic carbocycles. The first kappa shape index (κ1) is 15.4. The van der Waals surface area contributed by atoms with Crippen molar-refractivity contribution in [3.8, 4) is 11.8 Å². The number of benzene rings is 1. The second-order valence-electron chi connectivity index (χ2n) is 4.58. The van der Waals surface area contributed by atoms with Gasteiger partial charge in [-0.1, -0.05) is 30.0 Å². The average Bonchev–Trinajstić information content (AvgIpc) is 2.81. The second-order valence-corrected chi connectivity index (χ2v) is 4.58. The van der Waals surface area contributed by atoms with Crippen molar-refractivity contribution in [2.75, 3.05) is 7.11 Å². The van der Waals surface area contributed by atoms with E-state index >= 15 is 0 Å². The molecule has 22 heavy (non-hydrogen) atoms. The summed E-state index contributed by atoms with van der Waals surface area (Å²) in [4.78, 5) is 11.8. The molecule has 0 fully saturated rings.